The van der Waals surface area contributed by atoms with Crippen LogP contribution in [0.5, 0.6) is 0 Å². The molecule has 0 atom stereocenters. The van der Waals surface area contributed by atoms with Crippen LogP contribution in [0.4, 0.5) is 0 Å². The van der Waals surface area contributed by atoms with Gasteiger partial charge in [-0.1, -0.05) is 131 Å². The van der Waals surface area contributed by atoms with Gasteiger partial charge in [0.25, 0.3) is 0 Å². The zero-order valence-corrected chi connectivity index (χ0v) is 32.9. The average Bonchev–Trinajstić information content (AvgIpc) is 3.72. The summed E-state index contributed by atoms with van der Waals surface area (Å²) < 4.78 is 1.80. The molecule has 0 spiro atoms. The first-order chi connectivity index (χ1) is 21.5. The Bertz CT molecular complexity index is 1560. The van der Waals surface area contributed by atoms with E-state index in [0.29, 0.717) is 0 Å². The molecular formula is C44H48Cl2Zr-2. The number of benzene rings is 4. The van der Waals surface area contributed by atoms with Crippen LogP contribution in [0.2, 0.25) is 0 Å². The molecule has 1 saturated carbocycles. The molecule has 47 heavy (non-hydrogen) atoms. The monoisotopic (exact) mass is 736 g/mol. The Kier molecular flexibility index (Phi) is 14.5. The molecule has 0 radical (unpaired) electrons. The standard InChI is InChI=1S/C33H33.C6H10.C5H5.2ClH.Zr/c1-32(2,3)30-20-26-24(18-28(30)22-13-9-7-10-14-22)17-25-19-29(23-15-11-8-12-16-23)31(21-27(25)26)33(4,5)6;1-2-4-6-5-3-1;1-2-4-5-3-1;;;/h7-16,18,20-21H,17H2,1-6H3;1-5H2;1-3H,4H2;2*1H;/q-1;;-1;;;+2/p-2. The molecule has 0 nitrogen and oxygen atoms in total. The molecule has 3 aliphatic carbocycles. The van der Waals surface area contributed by atoms with Crippen molar-refractivity contribution in [1.29, 1.82) is 0 Å². The Labute approximate surface area is 312 Å². The molecule has 0 N–H and O–H groups in total. The number of halogens is 2. The van der Waals surface area contributed by atoms with Gasteiger partial charge < -0.3 is 24.8 Å². The van der Waals surface area contributed by atoms with Gasteiger partial charge in [-0.25, -0.2) is 12.2 Å². The number of allylic oxidation sites excluding steroid dienone is 4. The van der Waals surface area contributed by atoms with E-state index >= 15 is 0 Å². The summed E-state index contributed by atoms with van der Waals surface area (Å²) in [5.41, 5.74) is 13.5. The van der Waals surface area contributed by atoms with E-state index in [-0.39, 0.29) is 35.6 Å². The quantitative estimate of drug-likeness (QED) is 0.196. The zero-order chi connectivity index (χ0) is 32.0. The van der Waals surface area contributed by atoms with E-state index in [2.05, 4.69) is 139 Å². The maximum atomic E-state index is 3.88. The van der Waals surface area contributed by atoms with Crippen molar-refractivity contribution in [3.63, 3.8) is 0 Å². The fraction of sp³-hybridized carbons (Fsp3) is 0.341. The van der Waals surface area contributed by atoms with Crippen molar-refractivity contribution in [3.8, 4) is 33.4 Å². The molecule has 0 unspecified atom stereocenters. The Morgan fingerprint density at radius 3 is 1.68 bits per heavy atom. The molecule has 4 aromatic rings. The van der Waals surface area contributed by atoms with Gasteiger partial charge in [0.05, 0.1) is 0 Å². The van der Waals surface area contributed by atoms with E-state index in [1.807, 2.05) is 12.2 Å². The van der Waals surface area contributed by atoms with Crippen molar-refractivity contribution in [2.75, 3.05) is 0 Å². The van der Waals surface area contributed by atoms with E-state index in [4.69, 9.17) is 0 Å². The fourth-order valence-corrected chi connectivity index (χ4v) is 7.29. The van der Waals surface area contributed by atoms with Crippen LogP contribution in [0.15, 0.2) is 97.1 Å². The second kappa shape index (κ2) is 17.4. The van der Waals surface area contributed by atoms with Crippen LogP contribution in [0.1, 0.15) is 102 Å². The Balaban J connectivity index is 0.000000360. The first-order valence-electron chi connectivity index (χ1n) is 16.7. The van der Waals surface area contributed by atoms with Crippen LogP contribution in [0, 0.1) is 12.1 Å². The molecule has 1 fully saturated rings. The summed E-state index contributed by atoms with van der Waals surface area (Å²) in [6.07, 6.45) is 18.3. The van der Waals surface area contributed by atoms with E-state index < -0.39 is 0 Å². The van der Waals surface area contributed by atoms with E-state index in [1.54, 1.807) is 27.4 Å². The molecule has 244 valence electrons. The minimum atomic E-state index is 0. The third kappa shape index (κ3) is 10.1. The van der Waals surface area contributed by atoms with Crippen molar-refractivity contribution in [2.24, 2.45) is 0 Å². The van der Waals surface area contributed by atoms with E-state index in [9.17, 15) is 0 Å². The van der Waals surface area contributed by atoms with Gasteiger partial charge in [0.15, 0.2) is 0 Å². The second-order valence-electron chi connectivity index (χ2n) is 14.6. The van der Waals surface area contributed by atoms with Crippen LogP contribution in [-0.4, -0.2) is 3.21 Å². The molecule has 0 amide bonds. The molecular weight excluding hydrogens is 691 g/mol. The zero-order valence-electron chi connectivity index (χ0n) is 28.9. The van der Waals surface area contributed by atoms with Gasteiger partial charge in [-0.2, -0.15) is 6.08 Å². The third-order valence-corrected chi connectivity index (χ3v) is 10.1. The first kappa shape index (κ1) is 39.1. The molecule has 0 aromatic heterocycles. The normalized spacial score (nSPS) is 14.4. The number of hydrogen-bond acceptors (Lipinski definition) is 0. The van der Waals surface area contributed by atoms with Crippen LogP contribution < -0.4 is 24.8 Å². The summed E-state index contributed by atoms with van der Waals surface area (Å²) in [5.74, 6) is 0. The predicted molar refractivity (Wildman–Crippen MR) is 191 cm³/mol. The Hall–Kier alpha value is -2.31. The Morgan fingerprint density at radius 1 is 0.638 bits per heavy atom. The van der Waals surface area contributed by atoms with Crippen molar-refractivity contribution in [3.05, 3.63) is 131 Å². The molecule has 0 bridgehead atoms. The summed E-state index contributed by atoms with van der Waals surface area (Å²) in [4.78, 5) is 0. The van der Waals surface area contributed by atoms with Crippen molar-refractivity contribution >= 4 is 3.21 Å². The van der Waals surface area contributed by atoms with Gasteiger partial charge in [-0.3, -0.25) is 6.08 Å². The van der Waals surface area contributed by atoms with E-state index in [0.717, 1.165) is 12.8 Å². The molecule has 3 heteroatoms. The van der Waals surface area contributed by atoms with Gasteiger partial charge in [-0.15, -0.1) is 35.2 Å². The van der Waals surface area contributed by atoms with Crippen LogP contribution in [0.3, 0.4) is 0 Å². The molecule has 0 heterocycles. The van der Waals surface area contributed by atoms with Crippen LogP contribution in [-0.2, 0) is 41.5 Å². The number of hydrogen-bond donors (Lipinski definition) is 0. The summed E-state index contributed by atoms with van der Waals surface area (Å²) in [6, 6.07) is 32.8. The molecule has 0 saturated heterocycles. The van der Waals surface area contributed by atoms with Gasteiger partial charge in [0.2, 0.25) is 0 Å². The van der Waals surface area contributed by atoms with Crippen molar-refractivity contribution < 1.29 is 49.0 Å². The fourth-order valence-electron chi connectivity index (χ4n) is 6.42. The molecule has 3 aliphatic rings. The third-order valence-electron chi connectivity index (χ3n) is 8.87. The number of rotatable bonds is 2. The molecule has 0 aliphatic heterocycles. The minimum absolute atomic E-state index is 0. The maximum absolute atomic E-state index is 3.88. The van der Waals surface area contributed by atoms with Gasteiger partial charge in [-0.05, 0) is 39.5 Å². The van der Waals surface area contributed by atoms with E-state index in [1.165, 1.54) is 87.7 Å². The average molecular weight is 739 g/mol. The van der Waals surface area contributed by atoms with Crippen molar-refractivity contribution in [2.45, 2.75) is 97.3 Å². The Morgan fingerprint density at radius 2 is 1.21 bits per heavy atom. The van der Waals surface area contributed by atoms with Gasteiger partial charge in [0, 0.05) is 0 Å². The van der Waals surface area contributed by atoms with Crippen LogP contribution in [0.25, 0.3) is 33.4 Å². The summed E-state index contributed by atoms with van der Waals surface area (Å²) in [7, 11) is 0. The summed E-state index contributed by atoms with van der Waals surface area (Å²) >= 11 is 1.69. The summed E-state index contributed by atoms with van der Waals surface area (Å²) in [6.45, 7) is 13.9. The second-order valence-corrected chi connectivity index (χ2v) is 16.3. The van der Waals surface area contributed by atoms with Crippen LogP contribution >= 0.6 is 0 Å². The molecule has 7 rings (SSSR count). The first-order valence-corrected chi connectivity index (χ1v) is 17.9. The van der Waals surface area contributed by atoms with Crippen molar-refractivity contribution in [1.82, 2.24) is 0 Å². The molecule has 4 aromatic carbocycles. The van der Waals surface area contributed by atoms with Gasteiger partial charge >= 0.3 is 59.5 Å². The number of fused-ring (bicyclic) bond motifs is 3. The topological polar surface area (TPSA) is 0 Å². The summed E-state index contributed by atoms with van der Waals surface area (Å²) in [5, 5.41) is 0. The SMILES string of the molecule is CC(C)(C)c1cc2c([c-]c1-c1ccccc1)Cc1cc(-c3ccccc3)c(C(C)(C)C)cc1-2.[C-]1=CC=CC1.[Cl-].[Cl-].[Zr+2]=[C]1CCCCC1. The predicted octanol–water partition coefficient (Wildman–Crippen LogP) is 5.97. The van der Waals surface area contributed by atoms with Gasteiger partial charge in [0.1, 0.15) is 0 Å².